The van der Waals surface area contributed by atoms with Crippen LogP contribution in [0.2, 0.25) is 10.0 Å². The maximum atomic E-state index is 12.1. The summed E-state index contributed by atoms with van der Waals surface area (Å²) in [6.45, 7) is 2.64. The molecular formula is C14H17Cl2NO5. The first-order valence-electron chi connectivity index (χ1n) is 6.36. The number of hydrogen-bond donors (Lipinski definition) is 2. The van der Waals surface area contributed by atoms with Gasteiger partial charge in [-0.15, -0.1) is 0 Å². The van der Waals surface area contributed by atoms with Crippen LogP contribution in [0.15, 0.2) is 18.2 Å². The lowest BCUT2D eigenvalue weighted by molar-refractivity contribution is -0.150. The lowest BCUT2D eigenvalue weighted by atomic mass is 10.0. The van der Waals surface area contributed by atoms with Crippen LogP contribution in [0.3, 0.4) is 0 Å². The van der Waals surface area contributed by atoms with Crippen LogP contribution in [0.25, 0.3) is 0 Å². The minimum Gasteiger partial charge on any atom is -0.479 e. The smallest absolute Gasteiger partial charge is 0.331 e. The molecule has 2 N–H and O–H groups in total. The maximum Gasteiger partial charge on any atom is 0.331 e. The van der Waals surface area contributed by atoms with Gasteiger partial charge in [0, 0.05) is 7.11 Å². The van der Waals surface area contributed by atoms with Crippen LogP contribution in [0.1, 0.15) is 13.8 Å². The fourth-order valence-electron chi connectivity index (χ4n) is 1.63. The molecule has 0 fully saturated rings. The minimum atomic E-state index is -1.55. The number of aliphatic carboxylic acids is 1. The lowest BCUT2D eigenvalue weighted by Crippen LogP contribution is -2.57. The molecule has 22 heavy (non-hydrogen) atoms. The van der Waals surface area contributed by atoms with Gasteiger partial charge in [-0.3, -0.25) is 4.79 Å². The Morgan fingerprint density at radius 1 is 1.41 bits per heavy atom. The topological polar surface area (TPSA) is 84.9 Å². The van der Waals surface area contributed by atoms with Gasteiger partial charge in [0.15, 0.2) is 11.6 Å². The van der Waals surface area contributed by atoms with E-state index in [0.29, 0.717) is 5.02 Å². The van der Waals surface area contributed by atoms with Crippen molar-refractivity contribution in [2.24, 2.45) is 0 Å². The molecule has 0 bridgehead atoms. The van der Waals surface area contributed by atoms with Crippen LogP contribution in [0.5, 0.6) is 5.75 Å². The van der Waals surface area contributed by atoms with E-state index in [0.717, 1.165) is 0 Å². The highest BCUT2D eigenvalue weighted by molar-refractivity contribution is 6.42. The van der Waals surface area contributed by atoms with E-state index < -0.39 is 23.5 Å². The van der Waals surface area contributed by atoms with Crippen LogP contribution in [0, 0.1) is 0 Å². The third-order valence-electron chi connectivity index (χ3n) is 2.89. The van der Waals surface area contributed by atoms with E-state index in [-0.39, 0.29) is 17.4 Å². The fourth-order valence-corrected chi connectivity index (χ4v) is 1.97. The predicted molar refractivity (Wildman–Crippen MR) is 82.6 cm³/mol. The summed E-state index contributed by atoms with van der Waals surface area (Å²) in [5.74, 6) is -1.59. The average molecular weight is 350 g/mol. The van der Waals surface area contributed by atoms with Crippen molar-refractivity contribution in [1.82, 2.24) is 5.32 Å². The van der Waals surface area contributed by atoms with Gasteiger partial charge in [-0.05, 0) is 26.0 Å². The molecule has 0 heterocycles. The molecule has 1 amide bonds. The summed E-state index contributed by atoms with van der Waals surface area (Å²) in [5, 5.41) is 12.0. The molecule has 0 aromatic heterocycles. The normalized spacial score (nSPS) is 14.8. The number of rotatable bonds is 7. The molecule has 0 aliphatic heterocycles. The Hall–Kier alpha value is -1.50. The van der Waals surface area contributed by atoms with Crippen molar-refractivity contribution in [2.75, 3.05) is 13.7 Å². The second-order valence-corrected chi connectivity index (χ2v) is 5.66. The molecule has 0 saturated heterocycles. The molecule has 0 aliphatic rings. The summed E-state index contributed by atoms with van der Waals surface area (Å²) < 4.78 is 10.3. The van der Waals surface area contributed by atoms with Gasteiger partial charge in [0.05, 0.1) is 11.6 Å². The van der Waals surface area contributed by atoms with Crippen molar-refractivity contribution in [3.63, 3.8) is 0 Å². The average Bonchev–Trinajstić information content (AvgIpc) is 2.43. The summed E-state index contributed by atoms with van der Waals surface area (Å²) in [7, 11) is 1.35. The molecular weight excluding hydrogens is 333 g/mol. The van der Waals surface area contributed by atoms with E-state index in [1.54, 1.807) is 18.2 Å². The Kier molecular flexibility index (Phi) is 6.47. The number of nitrogens with one attached hydrogen (secondary N) is 1. The summed E-state index contributed by atoms with van der Waals surface area (Å²) in [5.41, 5.74) is -1.55. The minimum absolute atomic E-state index is 0.182. The van der Waals surface area contributed by atoms with Crippen LogP contribution in [-0.4, -0.2) is 42.3 Å². The standard InChI is InChI=1S/C14H17Cl2NO5/c1-8(22-10-6-4-5-9(15)11(10)16)12(18)17-14(2,7-21-3)13(19)20/h4-6,8H,7H2,1-3H3,(H,17,18)(H,19,20). The first-order chi connectivity index (χ1) is 10.2. The lowest BCUT2D eigenvalue weighted by Gasteiger charge is -2.27. The van der Waals surface area contributed by atoms with Crippen molar-refractivity contribution in [1.29, 1.82) is 0 Å². The van der Waals surface area contributed by atoms with Crippen LogP contribution in [0.4, 0.5) is 0 Å². The monoisotopic (exact) mass is 349 g/mol. The van der Waals surface area contributed by atoms with Gasteiger partial charge in [-0.1, -0.05) is 29.3 Å². The molecule has 0 aliphatic carbocycles. The number of amides is 1. The first kappa shape index (κ1) is 18.5. The number of ether oxygens (including phenoxy) is 2. The van der Waals surface area contributed by atoms with Crippen molar-refractivity contribution >= 4 is 35.1 Å². The van der Waals surface area contributed by atoms with Crippen molar-refractivity contribution < 1.29 is 24.2 Å². The molecule has 8 heteroatoms. The molecule has 1 aromatic rings. The third-order valence-corrected chi connectivity index (χ3v) is 3.69. The van der Waals surface area contributed by atoms with Gasteiger partial charge < -0.3 is 19.9 Å². The predicted octanol–water partition coefficient (Wildman–Crippen LogP) is 2.37. The van der Waals surface area contributed by atoms with Gasteiger partial charge >= 0.3 is 5.97 Å². The maximum absolute atomic E-state index is 12.1. The Morgan fingerprint density at radius 2 is 2.05 bits per heavy atom. The Balaban J connectivity index is 2.80. The van der Waals surface area contributed by atoms with Gasteiger partial charge in [-0.2, -0.15) is 0 Å². The first-order valence-corrected chi connectivity index (χ1v) is 7.12. The molecule has 0 saturated carbocycles. The van der Waals surface area contributed by atoms with Crippen LogP contribution < -0.4 is 10.1 Å². The highest BCUT2D eigenvalue weighted by Crippen LogP contribution is 2.32. The Bertz CT molecular complexity index is 566. The number of benzene rings is 1. The van der Waals surface area contributed by atoms with Gasteiger partial charge in [0.1, 0.15) is 10.8 Å². The number of hydrogen-bond acceptors (Lipinski definition) is 4. The quantitative estimate of drug-likeness (QED) is 0.789. The van der Waals surface area contributed by atoms with Gasteiger partial charge in [0.2, 0.25) is 0 Å². The molecule has 122 valence electrons. The Labute approximate surface area is 138 Å². The number of carboxylic acid groups (broad SMARTS) is 1. The van der Waals surface area contributed by atoms with Crippen molar-refractivity contribution in [3.05, 3.63) is 28.2 Å². The SMILES string of the molecule is COCC(C)(NC(=O)C(C)Oc1cccc(Cl)c1Cl)C(=O)O. The van der Waals surface area contributed by atoms with E-state index in [2.05, 4.69) is 5.32 Å². The molecule has 6 nitrogen and oxygen atoms in total. The number of carboxylic acids is 1. The summed E-state index contributed by atoms with van der Waals surface area (Å²) in [4.78, 5) is 23.4. The molecule has 0 radical (unpaired) electrons. The zero-order chi connectivity index (χ0) is 16.9. The van der Waals surface area contributed by atoms with Crippen molar-refractivity contribution in [2.45, 2.75) is 25.5 Å². The molecule has 1 aromatic carbocycles. The van der Waals surface area contributed by atoms with E-state index in [9.17, 15) is 14.7 Å². The zero-order valence-corrected chi connectivity index (χ0v) is 13.9. The van der Waals surface area contributed by atoms with E-state index >= 15 is 0 Å². The number of carbonyl (C=O) groups is 2. The fraction of sp³-hybridized carbons (Fsp3) is 0.429. The summed E-state index contributed by atoms with van der Waals surface area (Å²) in [6, 6.07) is 4.77. The zero-order valence-electron chi connectivity index (χ0n) is 12.4. The second kappa shape index (κ2) is 7.67. The molecule has 2 atom stereocenters. The van der Waals surface area contributed by atoms with Gasteiger partial charge in [0.25, 0.3) is 5.91 Å². The molecule has 2 unspecified atom stereocenters. The van der Waals surface area contributed by atoms with Gasteiger partial charge in [-0.25, -0.2) is 4.79 Å². The highest BCUT2D eigenvalue weighted by Gasteiger charge is 2.36. The van der Waals surface area contributed by atoms with E-state index in [1.165, 1.54) is 21.0 Å². The summed E-state index contributed by atoms with van der Waals surface area (Å²) in [6.07, 6.45) is -0.966. The largest absolute Gasteiger partial charge is 0.479 e. The molecule has 1 rings (SSSR count). The van der Waals surface area contributed by atoms with E-state index in [1.807, 2.05) is 0 Å². The van der Waals surface area contributed by atoms with Crippen LogP contribution in [-0.2, 0) is 14.3 Å². The Morgan fingerprint density at radius 3 is 2.59 bits per heavy atom. The second-order valence-electron chi connectivity index (χ2n) is 4.87. The van der Waals surface area contributed by atoms with E-state index in [4.69, 9.17) is 32.7 Å². The molecule has 0 spiro atoms. The highest BCUT2D eigenvalue weighted by atomic mass is 35.5. The number of carbonyl (C=O) groups excluding carboxylic acids is 1. The number of halogens is 2. The van der Waals surface area contributed by atoms with Crippen molar-refractivity contribution in [3.8, 4) is 5.75 Å². The third kappa shape index (κ3) is 4.50. The number of methoxy groups -OCH3 is 1. The summed E-state index contributed by atoms with van der Waals surface area (Å²) >= 11 is 11.8. The van der Waals surface area contributed by atoms with Crippen LogP contribution >= 0.6 is 23.2 Å².